The molecule has 1 aromatic heterocycles. The molecule has 13 heavy (non-hydrogen) atoms. The second-order valence-electron chi connectivity index (χ2n) is 4.09. The molecule has 2 nitrogen and oxygen atoms in total. The van der Waals surface area contributed by atoms with Crippen LogP contribution >= 0.6 is 0 Å². The molecule has 0 atom stereocenters. The van der Waals surface area contributed by atoms with Gasteiger partial charge in [0.15, 0.2) is 0 Å². The van der Waals surface area contributed by atoms with Crippen molar-refractivity contribution in [1.82, 2.24) is 4.98 Å². The van der Waals surface area contributed by atoms with Gasteiger partial charge in [0.05, 0.1) is 18.1 Å². The molecule has 0 spiro atoms. The molecule has 1 rings (SSSR count). The molecular formula is C10H15FN2. The van der Waals surface area contributed by atoms with Gasteiger partial charge in [0.1, 0.15) is 5.82 Å². The predicted molar refractivity (Wildman–Crippen MR) is 52.4 cm³/mol. The van der Waals surface area contributed by atoms with E-state index in [2.05, 4.69) is 25.8 Å². The van der Waals surface area contributed by atoms with E-state index < -0.39 is 0 Å². The number of halogens is 1. The van der Waals surface area contributed by atoms with Crippen molar-refractivity contribution in [2.24, 2.45) is 0 Å². The van der Waals surface area contributed by atoms with Crippen LogP contribution in [0.4, 0.5) is 10.1 Å². The molecule has 72 valence electrons. The molecule has 0 aliphatic rings. The van der Waals surface area contributed by atoms with Crippen molar-refractivity contribution in [3.8, 4) is 0 Å². The van der Waals surface area contributed by atoms with Crippen LogP contribution in [0.1, 0.15) is 20.8 Å². The Labute approximate surface area is 78.4 Å². The van der Waals surface area contributed by atoms with E-state index in [0.717, 1.165) is 5.69 Å². The molecule has 0 N–H and O–H groups in total. The molecule has 0 fully saturated rings. The molecule has 1 heterocycles. The lowest BCUT2D eigenvalue weighted by atomic mass is 10.1. The van der Waals surface area contributed by atoms with Gasteiger partial charge in [0.2, 0.25) is 0 Å². The third kappa shape index (κ3) is 2.41. The third-order valence-corrected chi connectivity index (χ3v) is 2.08. The van der Waals surface area contributed by atoms with E-state index >= 15 is 0 Å². The minimum absolute atomic E-state index is 0.0184. The van der Waals surface area contributed by atoms with Gasteiger partial charge in [0.25, 0.3) is 0 Å². The number of anilines is 1. The first-order chi connectivity index (χ1) is 5.91. The second kappa shape index (κ2) is 3.32. The van der Waals surface area contributed by atoms with Crippen LogP contribution in [0.5, 0.6) is 0 Å². The van der Waals surface area contributed by atoms with E-state index in [0.29, 0.717) is 0 Å². The Hall–Kier alpha value is -1.12. The zero-order valence-electron chi connectivity index (χ0n) is 8.50. The number of pyridine rings is 1. The molecule has 0 aliphatic heterocycles. The van der Waals surface area contributed by atoms with Gasteiger partial charge in [-0.2, -0.15) is 0 Å². The summed E-state index contributed by atoms with van der Waals surface area (Å²) in [5.74, 6) is -0.298. The minimum atomic E-state index is -0.298. The van der Waals surface area contributed by atoms with Crippen molar-refractivity contribution < 1.29 is 4.39 Å². The SMILES string of the molecule is CN(c1cncc(F)c1)C(C)(C)C. The highest BCUT2D eigenvalue weighted by Gasteiger charge is 2.17. The summed E-state index contributed by atoms with van der Waals surface area (Å²) >= 11 is 0. The van der Waals surface area contributed by atoms with Crippen molar-refractivity contribution >= 4 is 5.69 Å². The van der Waals surface area contributed by atoms with Crippen molar-refractivity contribution in [2.75, 3.05) is 11.9 Å². The molecule has 0 aromatic carbocycles. The van der Waals surface area contributed by atoms with Crippen molar-refractivity contribution in [3.05, 3.63) is 24.3 Å². The quantitative estimate of drug-likeness (QED) is 0.663. The van der Waals surface area contributed by atoms with Gasteiger partial charge in [-0.1, -0.05) is 0 Å². The maximum atomic E-state index is 12.8. The average Bonchev–Trinajstić information content (AvgIpc) is 2.01. The molecule has 0 saturated heterocycles. The predicted octanol–water partition coefficient (Wildman–Crippen LogP) is 2.46. The van der Waals surface area contributed by atoms with Gasteiger partial charge < -0.3 is 4.90 Å². The number of aromatic nitrogens is 1. The van der Waals surface area contributed by atoms with Crippen molar-refractivity contribution in [1.29, 1.82) is 0 Å². The summed E-state index contributed by atoms with van der Waals surface area (Å²) in [4.78, 5) is 5.79. The summed E-state index contributed by atoms with van der Waals surface area (Å²) < 4.78 is 12.8. The lowest BCUT2D eigenvalue weighted by molar-refractivity contribution is 0.535. The van der Waals surface area contributed by atoms with Gasteiger partial charge in [-0.15, -0.1) is 0 Å². The highest BCUT2D eigenvalue weighted by atomic mass is 19.1. The van der Waals surface area contributed by atoms with E-state index in [1.54, 1.807) is 6.20 Å². The summed E-state index contributed by atoms with van der Waals surface area (Å²) in [5, 5.41) is 0. The van der Waals surface area contributed by atoms with Crippen LogP contribution < -0.4 is 4.90 Å². The monoisotopic (exact) mass is 182 g/mol. The average molecular weight is 182 g/mol. The van der Waals surface area contributed by atoms with Gasteiger partial charge in [-0.25, -0.2) is 4.39 Å². The Kier molecular flexibility index (Phi) is 2.55. The van der Waals surface area contributed by atoms with Crippen LogP contribution in [-0.4, -0.2) is 17.6 Å². The van der Waals surface area contributed by atoms with Crippen LogP contribution in [0, 0.1) is 5.82 Å². The van der Waals surface area contributed by atoms with Crippen LogP contribution in [0.3, 0.4) is 0 Å². The number of hydrogen-bond donors (Lipinski definition) is 0. The standard InChI is InChI=1S/C10H15FN2/c1-10(2,3)13(4)9-5-8(11)6-12-7-9/h5-7H,1-4H3. The zero-order valence-corrected chi connectivity index (χ0v) is 8.50. The fourth-order valence-corrected chi connectivity index (χ4v) is 0.971. The fourth-order valence-electron chi connectivity index (χ4n) is 0.971. The van der Waals surface area contributed by atoms with Crippen LogP contribution in [-0.2, 0) is 0 Å². The molecular weight excluding hydrogens is 167 g/mol. The molecule has 0 radical (unpaired) electrons. The normalized spacial score (nSPS) is 11.5. The van der Waals surface area contributed by atoms with E-state index in [1.807, 2.05) is 11.9 Å². The van der Waals surface area contributed by atoms with Gasteiger partial charge in [-0.05, 0) is 20.8 Å². The molecule has 0 aliphatic carbocycles. The first-order valence-corrected chi connectivity index (χ1v) is 4.25. The van der Waals surface area contributed by atoms with E-state index in [-0.39, 0.29) is 11.4 Å². The van der Waals surface area contributed by atoms with Crippen molar-refractivity contribution in [3.63, 3.8) is 0 Å². The maximum absolute atomic E-state index is 12.8. The number of rotatable bonds is 1. The first kappa shape index (κ1) is 9.96. The Morgan fingerprint density at radius 1 is 1.31 bits per heavy atom. The molecule has 1 aromatic rings. The first-order valence-electron chi connectivity index (χ1n) is 4.25. The van der Waals surface area contributed by atoms with Gasteiger partial charge in [-0.3, -0.25) is 4.98 Å². The fraction of sp³-hybridized carbons (Fsp3) is 0.500. The zero-order chi connectivity index (χ0) is 10.1. The minimum Gasteiger partial charge on any atom is -0.368 e. The summed E-state index contributed by atoms with van der Waals surface area (Å²) in [5.41, 5.74) is 0.780. The molecule has 0 amide bonds. The summed E-state index contributed by atoms with van der Waals surface area (Å²) in [6.07, 6.45) is 2.87. The Bertz CT molecular complexity index is 291. The van der Waals surface area contributed by atoms with Crippen LogP contribution in [0.2, 0.25) is 0 Å². The van der Waals surface area contributed by atoms with E-state index in [9.17, 15) is 4.39 Å². The second-order valence-corrected chi connectivity index (χ2v) is 4.09. The molecule has 0 bridgehead atoms. The highest BCUT2D eigenvalue weighted by molar-refractivity contribution is 5.45. The lowest BCUT2D eigenvalue weighted by Crippen LogP contribution is -2.38. The Morgan fingerprint density at radius 2 is 1.92 bits per heavy atom. The third-order valence-electron chi connectivity index (χ3n) is 2.08. The topological polar surface area (TPSA) is 16.1 Å². The summed E-state index contributed by atoms with van der Waals surface area (Å²) in [6.45, 7) is 6.20. The summed E-state index contributed by atoms with van der Waals surface area (Å²) in [6, 6.07) is 1.48. The van der Waals surface area contributed by atoms with Gasteiger partial charge >= 0.3 is 0 Å². The Balaban J connectivity index is 2.96. The van der Waals surface area contributed by atoms with Crippen LogP contribution in [0.25, 0.3) is 0 Å². The largest absolute Gasteiger partial charge is 0.368 e. The highest BCUT2D eigenvalue weighted by Crippen LogP contribution is 2.20. The lowest BCUT2D eigenvalue weighted by Gasteiger charge is -2.33. The Morgan fingerprint density at radius 3 is 2.38 bits per heavy atom. The van der Waals surface area contributed by atoms with Crippen molar-refractivity contribution in [2.45, 2.75) is 26.3 Å². The van der Waals surface area contributed by atoms with E-state index in [4.69, 9.17) is 0 Å². The summed E-state index contributed by atoms with van der Waals surface area (Å²) in [7, 11) is 1.93. The molecule has 0 unspecified atom stereocenters. The number of hydrogen-bond acceptors (Lipinski definition) is 2. The smallest absolute Gasteiger partial charge is 0.143 e. The maximum Gasteiger partial charge on any atom is 0.143 e. The molecule has 0 saturated carbocycles. The van der Waals surface area contributed by atoms with Gasteiger partial charge in [0, 0.05) is 18.7 Å². The van der Waals surface area contributed by atoms with E-state index in [1.165, 1.54) is 12.3 Å². The number of nitrogens with zero attached hydrogens (tertiary/aromatic N) is 2. The van der Waals surface area contributed by atoms with Crippen LogP contribution in [0.15, 0.2) is 18.5 Å². The molecule has 3 heteroatoms.